The van der Waals surface area contributed by atoms with Gasteiger partial charge < -0.3 is 5.32 Å². The number of likely N-dealkylation sites (tertiary alicyclic amines) is 1. The standard InChI is InChI=1S/C16H21FN2O/c17-14-6-4-13(5-7-14)11-19-10-2-9-16(12-19)8-1-3-15(20)18-16/h4-7H,1-3,8-12H2,(H,18,20)/t16-/m0/s1. The van der Waals surface area contributed by atoms with Crippen molar-refractivity contribution in [3.8, 4) is 0 Å². The highest BCUT2D eigenvalue weighted by atomic mass is 19.1. The van der Waals surface area contributed by atoms with Gasteiger partial charge in [-0.1, -0.05) is 12.1 Å². The SMILES string of the molecule is O=C1CCC[C@@]2(CCCN(Cc3ccc(F)cc3)C2)N1. The zero-order valence-corrected chi connectivity index (χ0v) is 11.7. The van der Waals surface area contributed by atoms with Crippen LogP contribution < -0.4 is 5.32 Å². The average molecular weight is 276 g/mol. The normalized spacial score (nSPS) is 27.6. The Bertz CT molecular complexity index is 484. The van der Waals surface area contributed by atoms with E-state index in [2.05, 4.69) is 10.2 Å². The minimum Gasteiger partial charge on any atom is -0.349 e. The summed E-state index contributed by atoms with van der Waals surface area (Å²) in [5.41, 5.74) is 1.11. The van der Waals surface area contributed by atoms with Crippen LogP contribution in [-0.2, 0) is 11.3 Å². The molecule has 4 heteroatoms. The molecule has 1 aromatic carbocycles. The lowest BCUT2D eigenvalue weighted by atomic mass is 9.81. The van der Waals surface area contributed by atoms with E-state index in [1.165, 1.54) is 12.1 Å². The van der Waals surface area contributed by atoms with Gasteiger partial charge in [0.25, 0.3) is 0 Å². The van der Waals surface area contributed by atoms with Crippen molar-refractivity contribution in [3.63, 3.8) is 0 Å². The smallest absolute Gasteiger partial charge is 0.220 e. The number of nitrogens with one attached hydrogen (secondary N) is 1. The number of halogens is 1. The Morgan fingerprint density at radius 1 is 1.20 bits per heavy atom. The predicted octanol–water partition coefficient (Wildman–Crippen LogP) is 2.46. The van der Waals surface area contributed by atoms with Crippen LogP contribution in [-0.4, -0.2) is 29.4 Å². The van der Waals surface area contributed by atoms with Gasteiger partial charge in [-0.05, 0) is 49.9 Å². The van der Waals surface area contributed by atoms with Gasteiger partial charge in [-0.25, -0.2) is 4.39 Å². The van der Waals surface area contributed by atoms with Gasteiger partial charge in [-0.3, -0.25) is 9.69 Å². The Balaban J connectivity index is 1.65. The maximum atomic E-state index is 12.9. The maximum Gasteiger partial charge on any atom is 0.220 e. The van der Waals surface area contributed by atoms with Crippen molar-refractivity contribution in [2.75, 3.05) is 13.1 Å². The Morgan fingerprint density at radius 2 is 1.95 bits per heavy atom. The van der Waals surface area contributed by atoms with Crippen LogP contribution in [0.3, 0.4) is 0 Å². The van der Waals surface area contributed by atoms with Crippen LogP contribution in [0.25, 0.3) is 0 Å². The molecule has 0 aliphatic carbocycles. The minimum absolute atomic E-state index is 0.0202. The van der Waals surface area contributed by atoms with E-state index in [4.69, 9.17) is 0 Å². The van der Waals surface area contributed by atoms with Gasteiger partial charge in [0.2, 0.25) is 5.91 Å². The van der Waals surface area contributed by atoms with Gasteiger partial charge in [-0.15, -0.1) is 0 Å². The molecule has 20 heavy (non-hydrogen) atoms. The van der Waals surface area contributed by atoms with Crippen molar-refractivity contribution >= 4 is 5.91 Å². The number of carbonyl (C=O) groups excluding carboxylic acids is 1. The average Bonchev–Trinajstić information content (AvgIpc) is 2.41. The summed E-state index contributed by atoms with van der Waals surface area (Å²) in [5.74, 6) is 0.00305. The van der Waals surface area contributed by atoms with Gasteiger partial charge in [0.15, 0.2) is 0 Å². The Hall–Kier alpha value is -1.42. The molecule has 3 rings (SSSR count). The van der Waals surface area contributed by atoms with Gasteiger partial charge in [0.1, 0.15) is 5.82 Å². The van der Waals surface area contributed by atoms with Crippen molar-refractivity contribution in [1.82, 2.24) is 10.2 Å². The first kappa shape index (κ1) is 13.6. The third kappa shape index (κ3) is 3.01. The molecule has 2 heterocycles. The molecule has 1 aromatic rings. The molecule has 2 saturated heterocycles. The number of piperidine rings is 2. The van der Waals surface area contributed by atoms with Crippen LogP contribution in [0.2, 0.25) is 0 Å². The Labute approximate surface area is 119 Å². The van der Waals surface area contributed by atoms with Gasteiger partial charge in [0, 0.05) is 19.5 Å². The summed E-state index contributed by atoms with van der Waals surface area (Å²) < 4.78 is 12.9. The van der Waals surface area contributed by atoms with E-state index in [0.29, 0.717) is 6.42 Å². The molecule has 0 unspecified atom stereocenters. The summed E-state index contributed by atoms with van der Waals surface area (Å²) in [6.07, 6.45) is 4.94. The lowest BCUT2D eigenvalue weighted by molar-refractivity contribution is -0.126. The van der Waals surface area contributed by atoms with Crippen LogP contribution in [0.15, 0.2) is 24.3 Å². The van der Waals surface area contributed by atoms with Crippen LogP contribution in [0, 0.1) is 5.82 Å². The quantitative estimate of drug-likeness (QED) is 0.900. The van der Waals surface area contributed by atoms with Crippen molar-refractivity contribution in [2.45, 2.75) is 44.2 Å². The van der Waals surface area contributed by atoms with Crippen molar-refractivity contribution in [1.29, 1.82) is 0 Å². The molecule has 108 valence electrons. The molecular weight excluding hydrogens is 255 g/mol. The van der Waals surface area contributed by atoms with Crippen LogP contribution in [0.5, 0.6) is 0 Å². The topological polar surface area (TPSA) is 32.3 Å². The second-order valence-electron chi connectivity index (χ2n) is 6.12. The van der Waals surface area contributed by atoms with Crippen molar-refractivity contribution in [3.05, 3.63) is 35.6 Å². The van der Waals surface area contributed by atoms with Crippen LogP contribution >= 0.6 is 0 Å². The van der Waals surface area contributed by atoms with Gasteiger partial charge in [0.05, 0.1) is 5.54 Å². The molecule has 3 nitrogen and oxygen atoms in total. The fourth-order valence-corrected chi connectivity index (χ4v) is 3.52. The fraction of sp³-hybridized carbons (Fsp3) is 0.562. The largest absolute Gasteiger partial charge is 0.349 e. The number of hydrogen-bond acceptors (Lipinski definition) is 2. The summed E-state index contributed by atoms with van der Waals surface area (Å²) in [6.45, 7) is 2.79. The van der Waals surface area contributed by atoms with Gasteiger partial charge >= 0.3 is 0 Å². The molecule has 1 amide bonds. The maximum absolute atomic E-state index is 12.9. The lowest BCUT2D eigenvalue weighted by Gasteiger charge is -2.45. The highest BCUT2D eigenvalue weighted by Crippen LogP contribution is 2.30. The molecule has 0 radical (unpaired) electrons. The predicted molar refractivity (Wildman–Crippen MR) is 75.6 cm³/mol. The number of hydrogen-bond donors (Lipinski definition) is 1. The molecule has 1 spiro atoms. The first-order valence-electron chi connectivity index (χ1n) is 7.43. The summed E-state index contributed by atoms with van der Waals surface area (Å²) in [4.78, 5) is 14.0. The molecule has 0 aromatic heterocycles. The monoisotopic (exact) mass is 276 g/mol. The molecule has 2 aliphatic heterocycles. The van der Waals surface area contributed by atoms with Crippen molar-refractivity contribution < 1.29 is 9.18 Å². The molecule has 0 saturated carbocycles. The van der Waals surface area contributed by atoms with E-state index in [0.717, 1.165) is 50.9 Å². The second kappa shape index (κ2) is 5.52. The van der Waals surface area contributed by atoms with E-state index in [9.17, 15) is 9.18 Å². The first-order valence-corrected chi connectivity index (χ1v) is 7.43. The summed E-state index contributed by atoms with van der Waals surface area (Å²) in [7, 11) is 0. The molecule has 2 aliphatic rings. The van der Waals surface area contributed by atoms with Crippen LogP contribution in [0.4, 0.5) is 4.39 Å². The summed E-state index contributed by atoms with van der Waals surface area (Å²) >= 11 is 0. The molecule has 1 atom stereocenters. The summed E-state index contributed by atoms with van der Waals surface area (Å²) in [6, 6.07) is 6.71. The number of rotatable bonds is 2. The molecular formula is C16H21FN2O. The van der Waals surface area contributed by atoms with E-state index >= 15 is 0 Å². The van der Waals surface area contributed by atoms with Crippen molar-refractivity contribution in [2.24, 2.45) is 0 Å². The van der Waals surface area contributed by atoms with Crippen LogP contribution in [0.1, 0.15) is 37.7 Å². The molecule has 2 fully saturated rings. The molecule has 1 N–H and O–H groups in total. The Kier molecular flexibility index (Phi) is 3.74. The number of benzene rings is 1. The fourth-order valence-electron chi connectivity index (χ4n) is 3.52. The summed E-state index contributed by atoms with van der Waals surface area (Å²) in [5, 5.41) is 3.22. The lowest BCUT2D eigenvalue weighted by Crippen LogP contribution is -2.60. The first-order chi connectivity index (χ1) is 9.65. The highest BCUT2D eigenvalue weighted by molar-refractivity contribution is 5.77. The second-order valence-corrected chi connectivity index (χ2v) is 6.12. The number of nitrogens with zero attached hydrogens (tertiary/aromatic N) is 1. The van der Waals surface area contributed by atoms with E-state index in [-0.39, 0.29) is 17.3 Å². The zero-order valence-electron chi connectivity index (χ0n) is 11.7. The van der Waals surface area contributed by atoms with E-state index < -0.39 is 0 Å². The number of amides is 1. The Morgan fingerprint density at radius 3 is 2.70 bits per heavy atom. The minimum atomic E-state index is -0.191. The van der Waals surface area contributed by atoms with E-state index in [1.807, 2.05) is 12.1 Å². The molecule has 0 bridgehead atoms. The third-order valence-corrected chi connectivity index (χ3v) is 4.44. The number of carbonyl (C=O) groups is 1. The van der Waals surface area contributed by atoms with E-state index in [1.54, 1.807) is 0 Å². The zero-order chi connectivity index (χ0) is 14.0. The third-order valence-electron chi connectivity index (χ3n) is 4.44. The highest BCUT2D eigenvalue weighted by Gasteiger charge is 2.38. The van der Waals surface area contributed by atoms with Gasteiger partial charge in [-0.2, -0.15) is 0 Å².